The summed E-state index contributed by atoms with van der Waals surface area (Å²) in [5.74, 6) is 1.56. The fraction of sp³-hybridized carbons (Fsp3) is 0.500. The van der Waals surface area contributed by atoms with Crippen molar-refractivity contribution in [1.29, 1.82) is 0 Å². The Kier molecular flexibility index (Phi) is 9.13. The molecule has 0 radical (unpaired) electrons. The van der Waals surface area contributed by atoms with Crippen molar-refractivity contribution in [2.75, 3.05) is 0 Å². The third kappa shape index (κ3) is 9.28. The zero-order valence-corrected chi connectivity index (χ0v) is 14.5. The first-order valence-electron chi connectivity index (χ1n) is 8.36. The van der Waals surface area contributed by atoms with Crippen LogP contribution in [-0.4, -0.2) is 9.97 Å². The average molecular weight is 298 g/mol. The number of aryl methyl sites for hydroxylation is 2. The molecule has 2 nitrogen and oxygen atoms in total. The van der Waals surface area contributed by atoms with Gasteiger partial charge < -0.3 is 0 Å². The van der Waals surface area contributed by atoms with E-state index in [9.17, 15) is 0 Å². The van der Waals surface area contributed by atoms with Crippen molar-refractivity contribution in [1.82, 2.24) is 9.97 Å². The van der Waals surface area contributed by atoms with Crippen molar-refractivity contribution in [2.24, 2.45) is 11.8 Å². The van der Waals surface area contributed by atoms with E-state index in [0.29, 0.717) is 0 Å². The van der Waals surface area contributed by atoms with E-state index in [2.05, 4.69) is 49.8 Å². The molecular weight excluding hydrogens is 268 g/mol. The topological polar surface area (TPSA) is 25.8 Å². The van der Waals surface area contributed by atoms with Crippen molar-refractivity contribution in [2.45, 2.75) is 53.4 Å². The smallest absolute Gasteiger partial charge is 0.0403 e. The lowest BCUT2D eigenvalue weighted by Crippen LogP contribution is -1.93. The molecule has 0 fully saturated rings. The van der Waals surface area contributed by atoms with Crippen LogP contribution in [0.3, 0.4) is 0 Å². The van der Waals surface area contributed by atoms with Crippen LogP contribution in [0.15, 0.2) is 48.9 Å². The van der Waals surface area contributed by atoms with E-state index in [0.717, 1.165) is 24.7 Å². The standard InChI is InChI=1S/2C10H15N/c1-9(2)5-6-10-4-3-7-11-8-10;1-9(2)6-7-10-5-3-4-8-11-10/h3-4,7-9H,5-6H2,1-2H3;3-5,8-9H,6-7H2,1-2H3. The summed E-state index contributed by atoms with van der Waals surface area (Å²) in [6, 6.07) is 10.2. The van der Waals surface area contributed by atoms with Crippen molar-refractivity contribution >= 4 is 0 Å². The average Bonchev–Trinajstić information content (AvgIpc) is 2.53. The normalized spacial score (nSPS) is 10.5. The second-order valence-corrected chi connectivity index (χ2v) is 6.55. The van der Waals surface area contributed by atoms with Crippen LogP contribution in [0, 0.1) is 11.8 Å². The summed E-state index contributed by atoms with van der Waals surface area (Å²) in [5, 5.41) is 0. The van der Waals surface area contributed by atoms with Gasteiger partial charge >= 0.3 is 0 Å². The number of rotatable bonds is 6. The lowest BCUT2D eigenvalue weighted by Gasteiger charge is -2.02. The highest BCUT2D eigenvalue weighted by atomic mass is 14.7. The van der Waals surface area contributed by atoms with Crippen molar-refractivity contribution in [3.05, 3.63) is 60.2 Å². The van der Waals surface area contributed by atoms with Crippen molar-refractivity contribution in [3.63, 3.8) is 0 Å². The van der Waals surface area contributed by atoms with Gasteiger partial charge in [0.2, 0.25) is 0 Å². The largest absolute Gasteiger partial charge is 0.264 e. The van der Waals surface area contributed by atoms with E-state index in [1.807, 2.05) is 36.8 Å². The van der Waals surface area contributed by atoms with Gasteiger partial charge in [0.15, 0.2) is 0 Å². The number of hydrogen-bond donors (Lipinski definition) is 0. The highest BCUT2D eigenvalue weighted by Crippen LogP contribution is 2.07. The molecule has 0 N–H and O–H groups in total. The molecule has 120 valence electrons. The number of nitrogens with zero attached hydrogens (tertiary/aromatic N) is 2. The summed E-state index contributed by atoms with van der Waals surface area (Å²) in [5.41, 5.74) is 2.56. The van der Waals surface area contributed by atoms with Crippen molar-refractivity contribution in [3.8, 4) is 0 Å². The zero-order chi connectivity index (χ0) is 16.2. The zero-order valence-electron chi connectivity index (χ0n) is 14.5. The van der Waals surface area contributed by atoms with Crippen LogP contribution in [0.25, 0.3) is 0 Å². The van der Waals surface area contributed by atoms with Crippen LogP contribution in [0.1, 0.15) is 51.8 Å². The molecule has 0 aliphatic rings. The maximum Gasteiger partial charge on any atom is 0.0403 e. The van der Waals surface area contributed by atoms with Crippen LogP contribution < -0.4 is 0 Å². The Morgan fingerprint density at radius 2 is 1.55 bits per heavy atom. The molecule has 0 spiro atoms. The monoisotopic (exact) mass is 298 g/mol. The highest BCUT2D eigenvalue weighted by Gasteiger charge is 1.96. The molecule has 22 heavy (non-hydrogen) atoms. The Bertz CT molecular complexity index is 430. The van der Waals surface area contributed by atoms with E-state index in [1.54, 1.807) is 0 Å². The molecule has 0 atom stereocenters. The van der Waals surface area contributed by atoms with E-state index < -0.39 is 0 Å². The second kappa shape index (κ2) is 10.9. The Morgan fingerprint density at radius 3 is 2.09 bits per heavy atom. The van der Waals surface area contributed by atoms with E-state index in [4.69, 9.17) is 0 Å². The first kappa shape index (κ1) is 18.3. The SMILES string of the molecule is CC(C)CCc1ccccn1.CC(C)CCc1cccnc1. The van der Waals surface area contributed by atoms with Gasteiger partial charge in [-0.25, -0.2) is 0 Å². The highest BCUT2D eigenvalue weighted by molar-refractivity contribution is 5.08. The van der Waals surface area contributed by atoms with Gasteiger partial charge in [0.1, 0.15) is 0 Å². The predicted molar refractivity (Wildman–Crippen MR) is 94.8 cm³/mol. The summed E-state index contributed by atoms with van der Waals surface area (Å²) < 4.78 is 0. The molecular formula is C20H30N2. The summed E-state index contributed by atoms with van der Waals surface area (Å²) in [7, 11) is 0. The maximum absolute atomic E-state index is 4.25. The Hall–Kier alpha value is -1.70. The summed E-state index contributed by atoms with van der Waals surface area (Å²) in [4.78, 5) is 8.31. The fourth-order valence-corrected chi connectivity index (χ4v) is 1.98. The van der Waals surface area contributed by atoms with Crippen LogP contribution >= 0.6 is 0 Å². The molecule has 0 saturated heterocycles. The molecule has 0 aromatic carbocycles. The van der Waals surface area contributed by atoms with Gasteiger partial charge in [-0.15, -0.1) is 0 Å². The van der Waals surface area contributed by atoms with Gasteiger partial charge in [0, 0.05) is 24.3 Å². The van der Waals surface area contributed by atoms with E-state index >= 15 is 0 Å². The molecule has 0 unspecified atom stereocenters. The van der Waals surface area contributed by atoms with Gasteiger partial charge in [-0.05, 0) is 61.3 Å². The van der Waals surface area contributed by atoms with Gasteiger partial charge in [0.25, 0.3) is 0 Å². The predicted octanol–water partition coefficient (Wildman–Crippen LogP) is 5.34. The summed E-state index contributed by atoms with van der Waals surface area (Å²) >= 11 is 0. The fourth-order valence-electron chi connectivity index (χ4n) is 1.98. The minimum absolute atomic E-state index is 0.775. The Labute approximate surface area is 136 Å². The van der Waals surface area contributed by atoms with Crippen LogP contribution in [0.4, 0.5) is 0 Å². The minimum Gasteiger partial charge on any atom is -0.264 e. The molecule has 0 amide bonds. The van der Waals surface area contributed by atoms with Crippen LogP contribution in [-0.2, 0) is 12.8 Å². The number of pyridine rings is 2. The molecule has 0 bridgehead atoms. The lowest BCUT2D eigenvalue weighted by molar-refractivity contribution is 0.581. The maximum atomic E-state index is 4.25. The molecule has 0 saturated carbocycles. The van der Waals surface area contributed by atoms with Gasteiger partial charge in [-0.3, -0.25) is 9.97 Å². The Balaban J connectivity index is 0.000000220. The first-order chi connectivity index (χ1) is 10.6. The second-order valence-electron chi connectivity index (χ2n) is 6.55. The van der Waals surface area contributed by atoms with Crippen molar-refractivity contribution < 1.29 is 0 Å². The third-order valence-corrected chi connectivity index (χ3v) is 3.44. The molecule has 0 aliphatic heterocycles. The molecule has 2 heterocycles. The molecule has 0 aliphatic carbocycles. The Morgan fingerprint density at radius 1 is 0.818 bits per heavy atom. The number of aromatic nitrogens is 2. The van der Waals surface area contributed by atoms with E-state index in [1.165, 1.54) is 24.1 Å². The summed E-state index contributed by atoms with van der Waals surface area (Å²) in [6.07, 6.45) is 10.4. The van der Waals surface area contributed by atoms with Gasteiger partial charge in [0.05, 0.1) is 0 Å². The van der Waals surface area contributed by atoms with E-state index in [-0.39, 0.29) is 0 Å². The number of hydrogen-bond acceptors (Lipinski definition) is 2. The molecule has 2 heteroatoms. The third-order valence-electron chi connectivity index (χ3n) is 3.44. The first-order valence-corrected chi connectivity index (χ1v) is 8.36. The van der Waals surface area contributed by atoms with Gasteiger partial charge in [-0.1, -0.05) is 39.8 Å². The van der Waals surface area contributed by atoms with Gasteiger partial charge in [-0.2, -0.15) is 0 Å². The van der Waals surface area contributed by atoms with Crippen LogP contribution in [0.2, 0.25) is 0 Å². The minimum atomic E-state index is 0.775. The van der Waals surface area contributed by atoms with Crippen LogP contribution in [0.5, 0.6) is 0 Å². The lowest BCUT2D eigenvalue weighted by atomic mass is 10.0. The molecule has 2 aromatic rings. The quantitative estimate of drug-likeness (QED) is 0.719. The summed E-state index contributed by atoms with van der Waals surface area (Å²) in [6.45, 7) is 8.97. The molecule has 2 aromatic heterocycles. The molecule has 2 rings (SSSR count).